The summed E-state index contributed by atoms with van der Waals surface area (Å²) in [6.07, 6.45) is 25.1. The summed E-state index contributed by atoms with van der Waals surface area (Å²) in [5.74, 6) is 3.02. The molecule has 2 aliphatic rings. The maximum absolute atomic E-state index is 8.91. The summed E-state index contributed by atoms with van der Waals surface area (Å²) in [5.41, 5.74) is 3.79. The highest BCUT2D eigenvalue weighted by Crippen LogP contribution is 2.37. The Balaban J connectivity index is 1.27. The SMILES string of the molecule is CCCCCC[C@H]1CC[C@H](CCC2CC=C(CCc3ccc(C#N)cc3)CC2)CC1. The van der Waals surface area contributed by atoms with Gasteiger partial charge in [-0.1, -0.05) is 94.9 Å². The molecular weight excluding hydrogens is 362 g/mol. The van der Waals surface area contributed by atoms with Crippen molar-refractivity contribution in [3.05, 3.63) is 47.0 Å². The van der Waals surface area contributed by atoms with Crippen LogP contribution in [0.25, 0.3) is 0 Å². The smallest absolute Gasteiger partial charge is 0.0991 e. The van der Waals surface area contributed by atoms with Crippen molar-refractivity contribution in [2.75, 3.05) is 0 Å². The normalized spacial score (nSPS) is 24.3. The van der Waals surface area contributed by atoms with Crippen LogP contribution >= 0.6 is 0 Å². The van der Waals surface area contributed by atoms with Crippen molar-refractivity contribution >= 4 is 0 Å². The molecule has 30 heavy (non-hydrogen) atoms. The molecule has 1 fully saturated rings. The Morgan fingerprint density at radius 1 is 0.800 bits per heavy atom. The lowest BCUT2D eigenvalue weighted by Gasteiger charge is -2.30. The van der Waals surface area contributed by atoms with Crippen molar-refractivity contribution < 1.29 is 0 Å². The second kappa shape index (κ2) is 13.0. The van der Waals surface area contributed by atoms with Crippen LogP contribution in [0, 0.1) is 29.1 Å². The Hall–Kier alpha value is -1.55. The lowest BCUT2D eigenvalue weighted by atomic mass is 9.76. The number of nitrogens with zero attached hydrogens (tertiary/aromatic N) is 1. The van der Waals surface area contributed by atoms with Gasteiger partial charge in [0.15, 0.2) is 0 Å². The zero-order chi connectivity index (χ0) is 21.0. The molecule has 0 N–H and O–H groups in total. The molecule has 0 aromatic heterocycles. The molecule has 0 bridgehead atoms. The van der Waals surface area contributed by atoms with Crippen molar-refractivity contribution in [1.82, 2.24) is 0 Å². The standard InChI is InChI=1S/C29H43N/c1-2-3-4-5-6-24-7-9-25(10-8-24)11-12-26-13-15-27(16-14-26)17-18-28-19-21-29(23-30)22-20-28/h15,19-22,24-26H,2-14,16-18H2,1H3/t24-,25-,26?. The van der Waals surface area contributed by atoms with Gasteiger partial charge in [-0.15, -0.1) is 0 Å². The maximum Gasteiger partial charge on any atom is 0.0991 e. The molecule has 0 aliphatic heterocycles. The van der Waals surface area contributed by atoms with Gasteiger partial charge in [0.05, 0.1) is 11.6 Å². The highest BCUT2D eigenvalue weighted by molar-refractivity contribution is 5.32. The van der Waals surface area contributed by atoms with E-state index in [9.17, 15) is 0 Å². The summed E-state index contributed by atoms with van der Waals surface area (Å²) >= 11 is 0. The van der Waals surface area contributed by atoms with Crippen LogP contribution in [0.1, 0.15) is 114 Å². The van der Waals surface area contributed by atoms with E-state index in [-0.39, 0.29) is 0 Å². The molecule has 3 rings (SSSR count). The van der Waals surface area contributed by atoms with Gasteiger partial charge in [0, 0.05) is 0 Å². The van der Waals surface area contributed by atoms with Crippen LogP contribution < -0.4 is 0 Å². The van der Waals surface area contributed by atoms with E-state index in [1.54, 1.807) is 5.57 Å². The maximum atomic E-state index is 8.91. The lowest BCUT2D eigenvalue weighted by Crippen LogP contribution is -2.16. The van der Waals surface area contributed by atoms with Crippen molar-refractivity contribution in [3.8, 4) is 6.07 Å². The number of aryl methyl sites for hydroxylation is 1. The van der Waals surface area contributed by atoms with Gasteiger partial charge in [0.2, 0.25) is 0 Å². The summed E-state index contributed by atoms with van der Waals surface area (Å²) < 4.78 is 0. The Bertz CT molecular complexity index is 669. The van der Waals surface area contributed by atoms with Crippen LogP contribution in [-0.4, -0.2) is 0 Å². The highest BCUT2D eigenvalue weighted by atomic mass is 14.3. The van der Waals surface area contributed by atoms with Crippen LogP contribution in [0.3, 0.4) is 0 Å². The Kier molecular flexibility index (Phi) is 10.0. The summed E-state index contributed by atoms with van der Waals surface area (Å²) in [6, 6.07) is 10.3. The molecule has 1 unspecified atom stereocenters. The number of rotatable bonds is 11. The van der Waals surface area contributed by atoms with Gasteiger partial charge < -0.3 is 0 Å². The summed E-state index contributed by atoms with van der Waals surface area (Å²) in [6.45, 7) is 2.31. The average Bonchev–Trinajstić information content (AvgIpc) is 2.81. The third-order valence-corrected chi connectivity index (χ3v) is 7.85. The number of unbranched alkanes of at least 4 members (excludes halogenated alkanes) is 3. The van der Waals surface area contributed by atoms with E-state index in [0.717, 1.165) is 29.7 Å². The van der Waals surface area contributed by atoms with Gasteiger partial charge >= 0.3 is 0 Å². The molecular formula is C29H43N. The molecule has 0 spiro atoms. The van der Waals surface area contributed by atoms with E-state index in [2.05, 4.69) is 31.2 Å². The van der Waals surface area contributed by atoms with Crippen LogP contribution in [0.2, 0.25) is 0 Å². The molecule has 1 aromatic carbocycles. The fourth-order valence-corrected chi connectivity index (χ4v) is 5.62. The summed E-state index contributed by atoms with van der Waals surface area (Å²) in [5, 5.41) is 8.91. The summed E-state index contributed by atoms with van der Waals surface area (Å²) in [7, 11) is 0. The second-order valence-corrected chi connectivity index (χ2v) is 10.1. The minimum absolute atomic E-state index is 0.763. The first-order valence-electron chi connectivity index (χ1n) is 12.9. The molecule has 0 heterocycles. The first-order valence-corrected chi connectivity index (χ1v) is 12.9. The molecule has 0 saturated heterocycles. The molecule has 0 radical (unpaired) electrons. The van der Waals surface area contributed by atoms with Gasteiger partial charge in [-0.05, 0) is 74.0 Å². The molecule has 164 valence electrons. The fourth-order valence-electron chi connectivity index (χ4n) is 5.62. The second-order valence-electron chi connectivity index (χ2n) is 10.1. The van der Waals surface area contributed by atoms with Gasteiger partial charge in [-0.2, -0.15) is 5.26 Å². The number of allylic oxidation sites excluding steroid dienone is 2. The molecule has 0 amide bonds. The average molecular weight is 406 g/mol. The topological polar surface area (TPSA) is 23.8 Å². The van der Waals surface area contributed by atoms with E-state index >= 15 is 0 Å². The summed E-state index contributed by atoms with van der Waals surface area (Å²) in [4.78, 5) is 0. The molecule has 1 heteroatoms. The predicted octanol–water partition coefficient (Wildman–Crippen LogP) is 8.77. The van der Waals surface area contributed by atoms with Gasteiger partial charge in [0.1, 0.15) is 0 Å². The number of hydrogen-bond donors (Lipinski definition) is 0. The Morgan fingerprint density at radius 3 is 2.13 bits per heavy atom. The van der Waals surface area contributed by atoms with Gasteiger partial charge in [0.25, 0.3) is 0 Å². The molecule has 2 aliphatic carbocycles. The molecule has 1 nitrogen and oxygen atoms in total. The van der Waals surface area contributed by atoms with Crippen LogP contribution in [0.5, 0.6) is 0 Å². The fraction of sp³-hybridized carbons (Fsp3) is 0.690. The Labute approximate surface area is 186 Å². The van der Waals surface area contributed by atoms with Crippen molar-refractivity contribution in [2.45, 2.75) is 110 Å². The quantitative estimate of drug-likeness (QED) is 0.266. The third-order valence-electron chi connectivity index (χ3n) is 7.85. The van der Waals surface area contributed by atoms with Crippen molar-refractivity contribution in [1.29, 1.82) is 5.26 Å². The number of nitriles is 1. The number of hydrogen-bond acceptors (Lipinski definition) is 1. The lowest BCUT2D eigenvalue weighted by molar-refractivity contribution is 0.234. The van der Waals surface area contributed by atoms with Gasteiger partial charge in [-0.25, -0.2) is 0 Å². The van der Waals surface area contributed by atoms with Gasteiger partial charge in [-0.3, -0.25) is 0 Å². The predicted molar refractivity (Wildman–Crippen MR) is 128 cm³/mol. The van der Waals surface area contributed by atoms with E-state index in [1.807, 2.05) is 12.1 Å². The molecule has 1 atom stereocenters. The van der Waals surface area contributed by atoms with Crippen LogP contribution in [-0.2, 0) is 6.42 Å². The first-order chi connectivity index (χ1) is 14.8. The zero-order valence-corrected chi connectivity index (χ0v) is 19.4. The zero-order valence-electron chi connectivity index (χ0n) is 19.4. The van der Waals surface area contributed by atoms with Crippen LogP contribution in [0.15, 0.2) is 35.9 Å². The minimum Gasteiger partial charge on any atom is -0.192 e. The first kappa shape index (κ1) is 23.1. The largest absolute Gasteiger partial charge is 0.192 e. The van der Waals surface area contributed by atoms with Crippen LogP contribution in [0.4, 0.5) is 0 Å². The van der Waals surface area contributed by atoms with E-state index in [4.69, 9.17) is 5.26 Å². The highest BCUT2D eigenvalue weighted by Gasteiger charge is 2.22. The number of benzene rings is 1. The van der Waals surface area contributed by atoms with E-state index in [0.29, 0.717) is 0 Å². The molecule has 1 saturated carbocycles. The van der Waals surface area contributed by atoms with Crippen molar-refractivity contribution in [2.24, 2.45) is 17.8 Å². The van der Waals surface area contributed by atoms with E-state index < -0.39 is 0 Å². The Morgan fingerprint density at radius 2 is 1.50 bits per heavy atom. The minimum atomic E-state index is 0.763. The molecule has 1 aromatic rings. The van der Waals surface area contributed by atoms with Crippen molar-refractivity contribution in [3.63, 3.8) is 0 Å². The van der Waals surface area contributed by atoms with E-state index in [1.165, 1.54) is 102 Å². The monoisotopic (exact) mass is 405 g/mol. The third kappa shape index (κ3) is 7.94.